The summed E-state index contributed by atoms with van der Waals surface area (Å²) in [6, 6.07) is 16.5. The van der Waals surface area contributed by atoms with Crippen LogP contribution < -0.4 is 10.3 Å². The molecule has 0 saturated heterocycles. The second-order valence-corrected chi connectivity index (χ2v) is 7.95. The standard InChI is InChI=1S/C23H14Cl2N2O3/c1-12-3-2-4-18(26-12)27-20(13-5-7-14(24)8-6-13)19-21(28)16-11-15(25)9-10-17(16)30-22(19)23(27)29/h2-11,20H,1H3. The third-order valence-corrected chi connectivity index (χ3v) is 5.63. The van der Waals surface area contributed by atoms with Crippen molar-refractivity contribution in [2.45, 2.75) is 13.0 Å². The van der Waals surface area contributed by atoms with Crippen molar-refractivity contribution >= 4 is 45.9 Å². The van der Waals surface area contributed by atoms with E-state index in [2.05, 4.69) is 4.98 Å². The van der Waals surface area contributed by atoms with E-state index >= 15 is 0 Å². The molecule has 5 rings (SSSR count). The van der Waals surface area contributed by atoms with E-state index in [1.165, 1.54) is 4.90 Å². The van der Waals surface area contributed by atoms with Gasteiger partial charge >= 0.3 is 0 Å². The van der Waals surface area contributed by atoms with E-state index in [0.29, 0.717) is 26.8 Å². The molecule has 1 unspecified atom stereocenters. The molecule has 1 aliphatic heterocycles. The minimum atomic E-state index is -0.696. The van der Waals surface area contributed by atoms with Crippen molar-refractivity contribution in [2.24, 2.45) is 0 Å². The zero-order valence-electron chi connectivity index (χ0n) is 15.7. The Balaban J connectivity index is 1.83. The van der Waals surface area contributed by atoms with Crippen LogP contribution in [0.3, 0.4) is 0 Å². The van der Waals surface area contributed by atoms with Gasteiger partial charge in [-0.1, -0.05) is 41.4 Å². The summed E-state index contributed by atoms with van der Waals surface area (Å²) in [6.07, 6.45) is 0. The van der Waals surface area contributed by atoms with Crippen molar-refractivity contribution in [2.75, 3.05) is 4.90 Å². The van der Waals surface area contributed by atoms with Gasteiger partial charge in [-0.3, -0.25) is 14.5 Å². The van der Waals surface area contributed by atoms with Gasteiger partial charge in [0.05, 0.1) is 17.0 Å². The Labute approximate surface area is 181 Å². The number of anilines is 1. The molecule has 0 bridgehead atoms. The third-order valence-electron chi connectivity index (χ3n) is 5.14. The molecular weight excluding hydrogens is 423 g/mol. The van der Waals surface area contributed by atoms with Gasteiger partial charge in [0.25, 0.3) is 5.91 Å². The number of pyridine rings is 1. The highest BCUT2D eigenvalue weighted by Crippen LogP contribution is 2.41. The summed E-state index contributed by atoms with van der Waals surface area (Å²) >= 11 is 12.2. The van der Waals surface area contributed by atoms with E-state index in [1.54, 1.807) is 48.5 Å². The molecule has 0 N–H and O–H groups in total. The second kappa shape index (κ2) is 6.97. The second-order valence-electron chi connectivity index (χ2n) is 7.08. The minimum absolute atomic E-state index is 0.0121. The fourth-order valence-corrected chi connectivity index (χ4v) is 4.10. The highest BCUT2D eigenvalue weighted by molar-refractivity contribution is 6.31. The summed E-state index contributed by atoms with van der Waals surface area (Å²) in [5.41, 5.74) is 1.76. The van der Waals surface area contributed by atoms with Crippen LogP contribution >= 0.6 is 23.2 Å². The maximum atomic E-state index is 13.5. The topological polar surface area (TPSA) is 63.4 Å². The first-order valence-corrected chi connectivity index (χ1v) is 9.98. The minimum Gasteiger partial charge on any atom is -0.450 e. The molecule has 4 aromatic rings. The van der Waals surface area contributed by atoms with Crippen LogP contribution in [0.5, 0.6) is 0 Å². The number of carbonyl (C=O) groups excluding carboxylic acids is 1. The first kappa shape index (κ1) is 18.9. The number of rotatable bonds is 2. The number of aryl methyl sites for hydroxylation is 1. The lowest BCUT2D eigenvalue weighted by atomic mass is 9.98. The first-order chi connectivity index (χ1) is 14.4. The van der Waals surface area contributed by atoms with E-state index in [4.69, 9.17) is 27.6 Å². The predicted octanol–water partition coefficient (Wildman–Crippen LogP) is 5.55. The largest absolute Gasteiger partial charge is 0.450 e. The molecule has 0 radical (unpaired) electrons. The molecule has 0 spiro atoms. The third kappa shape index (κ3) is 2.90. The molecule has 3 heterocycles. The monoisotopic (exact) mass is 436 g/mol. The van der Waals surface area contributed by atoms with Crippen molar-refractivity contribution < 1.29 is 9.21 Å². The fourth-order valence-electron chi connectivity index (χ4n) is 3.80. The van der Waals surface area contributed by atoms with Gasteiger partial charge in [-0.2, -0.15) is 0 Å². The Hall–Kier alpha value is -3.15. The molecule has 7 heteroatoms. The molecular formula is C23H14Cl2N2O3. The van der Waals surface area contributed by atoms with Crippen molar-refractivity contribution in [1.82, 2.24) is 4.98 Å². The van der Waals surface area contributed by atoms with E-state index in [1.807, 2.05) is 19.1 Å². The van der Waals surface area contributed by atoms with Gasteiger partial charge in [-0.05, 0) is 55.0 Å². The van der Waals surface area contributed by atoms with Gasteiger partial charge in [-0.15, -0.1) is 0 Å². The number of amides is 1. The zero-order valence-corrected chi connectivity index (χ0v) is 17.2. The predicted molar refractivity (Wildman–Crippen MR) is 117 cm³/mol. The quantitative estimate of drug-likeness (QED) is 0.412. The number of fused-ring (bicyclic) bond motifs is 2. The summed E-state index contributed by atoms with van der Waals surface area (Å²) in [5, 5.41) is 1.30. The maximum absolute atomic E-state index is 13.5. The first-order valence-electron chi connectivity index (χ1n) is 9.23. The summed E-state index contributed by atoms with van der Waals surface area (Å²) in [7, 11) is 0. The van der Waals surface area contributed by atoms with Gasteiger partial charge in [-0.25, -0.2) is 4.98 Å². The number of hydrogen-bond acceptors (Lipinski definition) is 4. The van der Waals surface area contributed by atoms with E-state index in [9.17, 15) is 9.59 Å². The van der Waals surface area contributed by atoms with Crippen molar-refractivity contribution in [3.63, 3.8) is 0 Å². The van der Waals surface area contributed by atoms with Gasteiger partial charge in [0, 0.05) is 15.7 Å². The number of aromatic nitrogens is 1. The van der Waals surface area contributed by atoms with Crippen LogP contribution in [0.1, 0.15) is 33.4 Å². The lowest BCUT2D eigenvalue weighted by Gasteiger charge is -2.24. The van der Waals surface area contributed by atoms with Gasteiger partial charge in [0.1, 0.15) is 11.4 Å². The summed E-state index contributed by atoms with van der Waals surface area (Å²) in [6.45, 7) is 1.84. The molecule has 0 fully saturated rings. The number of halogens is 2. The summed E-state index contributed by atoms with van der Waals surface area (Å²) < 4.78 is 5.91. The van der Waals surface area contributed by atoms with E-state index in [-0.39, 0.29) is 16.8 Å². The molecule has 1 atom stereocenters. The van der Waals surface area contributed by atoms with Crippen LogP contribution in [0, 0.1) is 6.92 Å². The molecule has 148 valence electrons. The Kier molecular flexibility index (Phi) is 4.38. The molecule has 2 aromatic carbocycles. The van der Waals surface area contributed by atoms with Crippen LogP contribution in [0.2, 0.25) is 10.0 Å². The van der Waals surface area contributed by atoms with Crippen LogP contribution in [0.25, 0.3) is 11.0 Å². The molecule has 1 amide bonds. The summed E-state index contributed by atoms with van der Waals surface area (Å²) in [5.74, 6) is 0.0305. The van der Waals surface area contributed by atoms with E-state index < -0.39 is 11.9 Å². The Morgan fingerprint density at radius 3 is 2.43 bits per heavy atom. The Morgan fingerprint density at radius 1 is 0.967 bits per heavy atom. The smallest absolute Gasteiger partial charge is 0.296 e. The van der Waals surface area contributed by atoms with Crippen molar-refractivity contribution in [1.29, 1.82) is 0 Å². The summed E-state index contributed by atoms with van der Waals surface area (Å²) in [4.78, 5) is 32.9. The van der Waals surface area contributed by atoms with Crippen molar-refractivity contribution in [3.8, 4) is 0 Å². The molecule has 30 heavy (non-hydrogen) atoms. The van der Waals surface area contributed by atoms with Crippen LogP contribution in [0.4, 0.5) is 5.82 Å². The lowest BCUT2D eigenvalue weighted by molar-refractivity contribution is 0.0970. The average Bonchev–Trinajstić information content (AvgIpc) is 3.02. The highest BCUT2D eigenvalue weighted by Gasteiger charge is 2.44. The lowest BCUT2D eigenvalue weighted by Crippen LogP contribution is -2.30. The molecule has 0 aliphatic carbocycles. The molecule has 1 aliphatic rings. The Morgan fingerprint density at radius 2 is 1.70 bits per heavy atom. The van der Waals surface area contributed by atoms with Crippen molar-refractivity contribution in [3.05, 3.63) is 104 Å². The van der Waals surface area contributed by atoms with E-state index in [0.717, 1.165) is 11.3 Å². The highest BCUT2D eigenvalue weighted by atomic mass is 35.5. The number of benzene rings is 2. The Bertz CT molecular complexity index is 1380. The van der Waals surface area contributed by atoms with Gasteiger partial charge < -0.3 is 4.42 Å². The van der Waals surface area contributed by atoms with Crippen LogP contribution in [-0.4, -0.2) is 10.9 Å². The van der Waals surface area contributed by atoms with Crippen LogP contribution in [0.15, 0.2) is 69.9 Å². The SMILES string of the molecule is Cc1cccc(N2C(=O)c3oc4ccc(Cl)cc4c(=O)c3C2c2ccc(Cl)cc2)n1. The fraction of sp³-hybridized carbons (Fsp3) is 0.0870. The number of carbonyl (C=O) groups is 1. The average molecular weight is 437 g/mol. The van der Waals surface area contributed by atoms with Crippen LogP contribution in [-0.2, 0) is 0 Å². The van der Waals surface area contributed by atoms with Gasteiger partial charge in [0.2, 0.25) is 5.76 Å². The zero-order chi connectivity index (χ0) is 21.0. The number of nitrogens with zero attached hydrogens (tertiary/aromatic N) is 2. The normalized spacial score (nSPS) is 15.6. The van der Waals surface area contributed by atoms with Gasteiger partial charge in [0.15, 0.2) is 5.43 Å². The number of hydrogen-bond donors (Lipinski definition) is 0. The maximum Gasteiger partial charge on any atom is 0.296 e. The molecule has 2 aromatic heterocycles. The molecule has 0 saturated carbocycles. The molecule has 5 nitrogen and oxygen atoms in total.